The topological polar surface area (TPSA) is 95.7 Å². The fourth-order valence-corrected chi connectivity index (χ4v) is 4.52. The Morgan fingerprint density at radius 2 is 1.35 bits per heavy atom. The van der Waals surface area contributed by atoms with Gasteiger partial charge in [0.25, 0.3) is 0 Å². The molecule has 0 saturated heterocycles. The minimum atomic E-state index is -4.67. The van der Waals surface area contributed by atoms with E-state index in [0.29, 0.717) is 37.5 Å². The average molecular weight is 501 g/mol. The third kappa shape index (κ3) is 7.04. The Balaban J connectivity index is 1.11. The molecule has 34 heavy (non-hydrogen) atoms. The fraction of sp³-hybridized carbons (Fsp3) is 0.850. The second kappa shape index (κ2) is 9.97. The van der Waals surface area contributed by atoms with E-state index < -0.39 is 31.0 Å². The molecule has 8 nitrogen and oxygen atoms in total. The number of halogens is 6. The van der Waals surface area contributed by atoms with Gasteiger partial charge in [-0.1, -0.05) is 0 Å². The minimum Gasteiger partial charge on any atom is -0.425 e. The largest absolute Gasteiger partial charge is 0.522 e. The molecule has 0 aromatic carbocycles. The second-order valence-electron chi connectivity index (χ2n) is 9.04. The van der Waals surface area contributed by atoms with Crippen LogP contribution >= 0.6 is 0 Å². The summed E-state index contributed by atoms with van der Waals surface area (Å²) in [6, 6.07) is -0.0654. The zero-order valence-corrected chi connectivity index (χ0v) is 18.0. The molecule has 1 aromatic rings. The van der Waals surface area contributed by atoms with Crippen LogP contribution in [0, 0.1) is 0 Å². The fourth-order valence-electron chi connectivity index (χ4n) is 4.52. The molecule has 1 heterocycles. The van der Waals surface area contributed by atoms with Crippen molar-refractivity contribution < 1.29 is 49.8 Å². The van der Waals surface area contributed by atoms with E-state index in [1.807, 2.05) is 0 Å². The number of alkyl halides is 6. The summed E-state index contributed by atoms with van der Waals surface area (Å²) in [6.07, 6.45) is -8.27. The van der Waals surface area contributed by atoms with Crippen molar-refractivity contribution in [2.45, 2.75) is 100 Å². The number of aromatic nitrogens is 2. The number of carbonyl (C=O) groups is 1. The van der Waals surface area contributed by atoms with Crippen LogP contribution in [0.5, 0.6) is 0 Å². The van der Waals surface area contributed by atoms with Crippen molar-refractivity contribution in [2.75, 3.05) is 6.61 Å². The van der Waals surface area contributed by atoms with Gasteiger partial charge in [-0.05, 0) is 38.5 Å². The van der Waals surface area contributed by atoms with Gasteiger partial charge in [0.1, 0.15) is 6.61 Å². The van der Waals surface area contributed by atoms with E-state index in [0.717, 1.165) is 0 Å². The molecule has 0 unspecified atom stereocenters. The monoisotopic (exact) mass is 501 g/mol. The minimum absolute atomic E-state index is 0.00786. The first kappa shape index (κ1) is 25.2. The molecule has 3 aliphatic carbocycles. The molecule has 1 amide bonds. The van der Waals surface area contributed by atoms with Gasteiger partial charge < -0.3 is 14.5 Å². The first-order valence-electron chi connectivity index (χ1n) is 11.2. The van der Waals surface area contributed by atoms with E-state index in [1.54, 1.807) is 0 Å². The van der Waals surface area contributed by atoms with Gasteiger partial charge in [0, 0.05) is 30.7 Å². The van der Waals surface area contributed by atoms with Crippen LogP contribution in [0.25, 0.3) is 0 Å². The van der Waals surface area contributed by atoms with Gasteiger partial charge in [0.15, 0.2) is 0 Å². The van der Waals surface area contributed by atoms with Gasteiger partial charge in [0.2, 0.25) is 17.7 Å². The van der Waals surface area contributed by atoms with Crippen molar-refractivity contribution in [1.29, 1.82) is 0 Å². The van der Waals surface area contributed by atoms with Crippen molar-refractivity contribution >= 4 is 5.91 Å². The Morgan fingerprint density at radius 1 is 0.824 bits per heavy atom. The summed E-state index contributed by atoms with van der Waals surface area (Å²) in [6.45, 7) is -0.225. The SMILES string of the molecule is O=C(CO[C@H]1C[C@@H](OC(F)(F)F)C1)N[C@H]1CC[C@H](c2nnc([C@H]3C[C@@H](OC(F)(F)F)C3)o2)CC1. The number of ether oxygens (including phenoxy) is 3. The maximum Gasteiger partial charge on any atom is 0.522 e. The molecule has 0 bridgehead atoms. The maximum absolute atomic E-state index is 12.2. The summed E-state index contributed by atoms with van der Waals surface area (Å²) in [7, 11) is 0. The van der Waals surface area contributed by atoms with E-state index in [4.69, 9.17) is 9.15 Å². The number of hydrogen-bond acceptors (Lipinski definition) is 7. The lowest BCUT2D eigenvalue weighted by molar-refractivity contribution is -0.357. The lowest BCUT2D eigenvalue weighted by atomic mass is 9.82. The summed E-state index contributed by atoms with van der Waals surface area (Å²) in [5.41, 5.74) is 0. The molecular weight excluding hydrogens is 476 g/mol. The molecule has 4 rings (SSSR count). The number of amides is 1. The van der Waals surface area contributed by atoms with Gasteiger partial charge in [-0.25, -0.2) is 0 Å². The third-order valence-electron chi connectivity index (χ3n) is 6.44. The maximum atomic E-state index is 12.2. The van der Waals surface area contributed by atoms with E-state index in [2.05, 4.69) is 25.0 Å². The smallest absolute Gasteiger partial charge is 0.425 e. The standard InChI is InChI=1S/C20H25F6N3O5/c21-19(22,23)33-14-5-11(6-14)18-29-28-17(32-18)10-1-3-12(4-2-10)27-16(30)9-31-13-7-15(8-13)34-20(24,25)26/h10-15H,1-9H2,(H,27,30)/t10-,11-,12-,13-,14+,15+. The summed E-state index contributed by atoms with van der Waals surface area (Å²) in [5, 5.41) is 10.9. The Kier molecular flexibility index (Phi) is 7.38. The first-order valence-corrected chi connectivity index (χ1v) is 11.2. The van der Waals surface area contributed by atoms with Gasteiger partial charge in [-0.2, -0.15) is 0 Å². The highest BCUT2D eigenvalue weighted by molar-refractivity contribution is 5.77. The Morgan fingerprint density at radius 3 is 1.91 bits per heavy atom. The molecular formula is C20H25F6N3O5. The number of nitrogens with zero attached hydrogens (tertiary/aromatic N) is 2. The van der Waals surface area contributed by atoms with Gasteiger partial charge in [-0.15, -0.1) is 36.5 Å². The Bertz CT molecular complexity index is 827. The van der Waals surface area contributed by atoms with Crippen LogP contribution in [0.4, 0.5) is 26.3 Å². The summed E-state index contributed by atoms with van der Waals surface area (Å²) in [5.74, 6) is 0.209. The number of rotatable bonds is 8. The van der Waals surface area contributed by atoms with Crippen LogP contribution in [0.1, 0.15) is 75.0 Å². The van der Waals surface area contributed by atoms with Crippen LogP contribution in [0.15, 0.2) is 4.42 Å². The van der Waals surface area contributed by atoms with Crippen molar-refractivity contribution in [3.05, 3.63) is 11.8 Å². The lowest BCUT2D eigenvalue weighted by Crippen LogP contribution is -2.44. The van der Waals surface area contributed by atoms with E-state index in [-0.39, 0.29) is 56.1 Å². The molecule has 0 aliphatic heterocycles. The number of hydrogen-bond donors (Lipinski definition) is 1. The normalized spacial score (nSPS) is 32.1. The second-order valence-corrected chi connectivity index (χ2v) is 9.04. The highest BCUT2D eigenvalue weighted by Gasteiger charge is 2.43. The zero-order chi connectivity index (χ0) is 24.5. The van der Waals surface area contributed by atoms with Crippen molar-refractivity contribution in [2.24, 2.45) is 0 Å². The van der Waals surface area contributed by atoms with Crippen molar-refractivity contribution in [3.8, 4) is 0 Å². The van der Waals surface area contributed by atoms with E-state index >= 15 is 0 Å². The molecule has 14 heteroatoms. The molecule has 3 fully saturated rings. The predicted octanol–water partition coefficient (Wildman–Crippen LogP) is 4.08. The molecule has 0 radical (unpaired) electrons. The van der Waals surface area contributed by atoms with Gasteiger partial charge in [-0.3, -0.25) is 14.3 Å². The molecule has 0 spiro atoms. The summed E-state index contributed by atoms with van der Waals surface area (Å²) >= 11 is 0. The summed E-state index contributed by atoms with van der Waals surface area (Å²) < 4.78 is 91.9. The highest BCUT2D eigenvalue weighted by Crippen LogP contribution is 2.42. The van der Waals surface area contributed by atoms with Gasteiger partial charge >= 0.3 is 12.7 Å². The quantitative estimate of drug-likeness (QED) is 0.537. The van der Waals surface area contributed by atoms with Gasteiger partial charge in [0.05, 0.1) is 18.3 Å². The molecule has 1 aromatic heterocycles. The van der Waals surface area contributed by atoms with Crippen LogP contribution in [-0.2, 0) is 19.0 Å². The Hall–Kier alpha value is -1.93. The summed E-state index contributed by atoms with van der Waals surface area (Å²) in [4.78, 5) is 12.1. The number of carbonyl (C=O) groups excluding carboxylic acids is 1. The van der Waals surface area contributed by atoms with Crippen molar-refractivity contribution in [3.63, 3.8) is 0 Å². The first-order chi connectivity index (χ1) is 15.9. The van der Waals surface area contributed by atoms with Crippen LogP contribution < -0.4 is 5.32 Å². The Labute approximate surface area is 190 Å². The number of nitrogens with one attached hydrogen (secondary N) is 1. The highest BCUT2D eigenvalue weighted by atomic mass is 19.4. The molecule has 192 valence electrons. The van der Waals surface area contributed by atoms with Crippen LogP contribution in [0.3, 0.4) is 0 Å². The molecule has 0 atom stereocenters. The lowest BCUT2D eigenvalue weighted by Gasteiger charge is -2.35. The predicted molar refractivity (Wildman–Crippen MR) is 100 cm³/mol. The van der Waals surface area contributed by atoms with E-state index in [1.165, 1.54) is 0 Å². The molecule has 1 N–H and O–H groups in total. The molecule has 3 aliphatic rings. The van der Waals surface area contributed by atoms with Crippen molar-refractivity contribution in [1.82, 2.24) is 15.5 Å². The zero-order valence-electron chi connectivity index (χ0n) is 18.0. The third-order valence-corrected chi connectivity index (χ3v) is 6.44. The van der Waals surface area contributed by atoms with Crippen LogP contribution in [0.2, 0.25) is 0 Å². The van der Waals surface area contributed by atoms with Crippen LogP contribution in [-0.4, -0.2) is 59.8 Å². The molecule has 3 saturated carbocycles. The average Bonchev–Trinajstić information content (AvgIpc) is 3.14. The van der Waals surface area contributed by atoms with E-state index in [9.17, 15) is 31.1 Å².